The number of nitrogens with two attached hydrogens (primary N) is 1. The summed E-state index contributed by atoms with van der Waals surface area (Å²) in [7, 11) is 1.40. The van der Waals surface area contributed by atoms with E-state index in [1.54, 1.807) is 0 Å². The number of carbonyl (C=O) groups is 1. The summed E-state index contributed by atoms with van der Waals surface area (Å²) >= 11 is 1.42. The van der Waals surface area contributed by atoms with E-state index in [1.165, 1.54) is 18.4 Å². The molecule has 0 aromatic carbocycles. The quantitative estimate of drug-likeness (QED) is 0.776. The first-order valence-electron chi connectivity index (χ1n) is 4.55. The Morgan fingerprint density at radius 1 is 1.71 bits per heavy atom. The summed E-state index contributed by atoms with van der Waals surface area (Å²) in [5, 5.41) is 1.91. The summed E-state index contributed by atoms with van der Waals surface area (Å²) in [5.74, 6) is -0.250. The van der Waals surface area contributed by atoms with Crippen LogP contribution in [0.5, 0.6) is 0 Å². The first-order valence-corrected chi connectivity index (χ1v) is 5.43. The standard InChI is InChI=1S/C10H15NO2S/c1-7(11)3-4-8-5-6-14-9(8)10(12)13-2/h5-7H,3-4,11H2,1-2H3. The summed E-state index contributed by atoms with van der Waals surface area (Å²) in [4.78, 5) is 12.0. The van der Waals surface area contributed by atoms with Crippen LogP contribution in [0.4, 0.5) is 0 Å². The summed E-state index contributed by atoms with van der Waals surface area (Å²) < 4.78 is 4.68. The van der Waals surface area contributed by atoms with Gasteiger partial charge in [0, 0.05) is 6.04 Å². The minimum atomic E-state index is -0.250. The number of rotatable bonds is 4. The molecule has 1 heterocycles. The summed E-state index contributed by atoms with van der Waals surface area (Å²) in [5.41, 5.74) is 6.70. The summed E-state index contributed by atoms with van der Waals surface area (Å²) in [6.07, 6.45) is 1.73. The molecule has 0 radical (unpaired) electrons. The molecule has 0 saturated heterocycles. The van der Waals surface area contributed by atoms with Crippen molar-refractivity contribution in [2.45, 2.75) is 25.8 Å². The predicted molar refractivity (Wildman–Crippen MR) is 57.6 cm³/mol. The molecule has 0 spiro atoms. The van der Waals surface area contributed by atoms with Crippen LogP contribution in [0.15, 0.2) is 11.4 Å². The zero-order valence-electron chi connectivity index (χ0n) is 8.45. The highest BCUT2D eigenvalue weighted by molar-refractivity contribution is 7.12. The molecule has 14 heavy (non-hydrogen) atoms. The van der Waals surface area contributed by atoms with Gasteiger partial charge in [0.2, 0.25) is 0 Å². The molecule has 1 atom stereocenters. The highest BCUT2D eigenvalue weighted by Crippen LogP contribution is 2.19. The normalized spacial score (nSPS) is 12.5. The molecule has 0 amide bonds. The fourth-order valence-corrected chi connectivity index (χ4v) is 2.06. The van der Waals surface area contributed by atoms with Gasteiger partial charge in [-0.1, -0.05) is 0 Å². The van der Waals surface area contributed by atoms with Crippen LogP contribution >= 0.6 is 11.3 Å². The van der Waals surface area contributed by atoms with E-state index in [0.717, 1.165) is 18.4 Å². The zero-order chi connectivity index (χ0) is 10.6. The third-order valence-electron chi connectivity index (χ3n) is 1.99. The Kier molecular flexibility index (Phi) is 4.10. The molecule has 0 aliphatic rings. The molecule has 1 aromatic heterocycles. The molecule has 0 aliphatic carbocycles. The molecule has 3 nitrogen and oxygen atoms in total. The number of hydrogen-bond acceptors (Lipinski definition) is 4. The van der Waals surface area contributed by atoms with Gasteiger partial charge in [0.05, 0.1) is 7.11 Å². The molecular weight excluding hydrogens is 198 g/mol. The molecule has 0 fully saturated rings. The minimum Gasteiger partial charge on any atom is -0.465 e. The maximum atomic E-state index is 11.3. The van der Waals surface area contributed by atoms with Crippen molar-refractivity contribution in [3.05, 3.63) is 21.9 Å². The lowest BCUT2D eigenvalue weighted by atomic mass is 10.1. The van der Waals surface area contributed by atoms with Gasteiger partial charge in [0.25, 0.3) is 0 Å². The molecule has 0 bridgehead atoms. The second-order valence-corrected chi connectivity index (χ2v) is 4.20. The van der Waals surface area contributed by atoms with E-state index in [-0.39, 0.29) is 12.0 Å². The maximum absolute atomic E-state index is 11.3. The summed E-state index contributed by atoms with van der Waals surface area (Å²) in [6, 6.07) is 2.12. The lowest BCUT2D eigenvalue weighted by Gasteiger charge is -2.04. The number of methoxy groups -OCH3 is 1. The van der Waals surface area contributed by atoms with Crippen molar-refractivity contribution in [3.63, 3.8) is 0 Å². The molecule has 0 aliphatic heterocycles. The van der Waals surface area contributed by atoms with Crippen molar-refractivity contribution in [1.29, 1.82) is 0 Å². The largest absolute Gasteiger partial charge is 0.465 e. The Hall–Kier alpha value is -0.870. The number of hydrogen-bond donors (Lipinski definition) is 1. The summed E-state index contributed by atoms with van der Waals surface area (Å²) in [6.45, 7) is 1.96. The fourth-order valence-electron chi connectivity index (χ4n) is 1.19. The van der Waals surface area contributed by atoms with Crippen LogP contribution in [0, 0.1) is 0 Å². The molecular formula is C10H15NO2S. The van der Waals surface area contributed by atoms with Crippen molar-refractivity contribution < 1.29 is 9.53 Å². The van der Waals surface area contributed by atoms with Crippen LogP contribution in [0.3, 0.4) is 0 Å². The molecule has 78 valence electrons. The lowest BCUT2D eigenvalue weighted by molar-refractivity contribution is 0.0605. The van der Waals surface area contributed by atoms with Gasteiger partial charge >= 0.3 is 5.97 Å². The SMILES string of the molecule is COC(=O)c1sccc1CCC(C)N. The van der Waals surface area contributed by atoms with E-state index in [1.807, 2.05) is 18.4 Å². The molecule has 1 rings (SSSR count). The van der Waals surface area contributed by atoms with E-state index in [0.29, 0.717) is 4.88 Å². The predicted octanol–water partition coefficient (Wildman–Crippen LogP) is 1.81. The van der Waals surface area contributed by atoms with Crippen LogP contribution < -0.4 is 5.73 Å². The van der Waals surface area contributed by atoms with Crippen molar-refractivity contribution >= 4 is 17.3 Å². The first kappa shape index (κ1) is 11.2. The number of thiophene rings is 1. The van der Waals surface area contributed by atoms with E-state index in [2.05, 4.69) is 4.74 Å². The van der Waals surface area contributed by atoms with Gasteiger partial charge in [0.15, 0.2) is 0 Å². The van der Waals surface area contributed by atoms with E-state index >= 15 is 0 Å². The molecule has 0 saturated carbocycles. The molecule has 4 heteroatoms. The third kappa shape index (κ3) is 2.82. The van der Waals surface area contributed by atoms with Crippen molar-refractivity contribution in [2.75, 3.05) is 7.11 Å². The second-order valence-electron chi connectivity index (χ2n) is 3.28. The van der Waals surface area contributed by atoms with Crippen LogP contribution in [0.25, 0.3) is 0 Å². The average molecular weight is 213 g/mol. The van der Waals surface area contributed by atoms with Gasteiger partial charge in [-0.15, -0.1) is 11.3 Å². The van der Waals surface area contributed by atoms with Gasteiger partial charge in [-0.05, 0) is 36.8 Å². The van der Waals surface area contributed by atoms with Gasteiger partial charge in [0.1, 0.15) is 4.88 Å². The lowest BCUT2D eigenvalue weighted by Crippen LogP contribution is -2.15. The van der Waals surface area contributed by atoms with Crippen molar-refractivity contribution in [3.8, 4) is 0 Å². The first-order chi connectivity index (χ1) is 6.65. The molecule has 1 aromatic rings. The van der Waals surface area contributed by atoms with Gasteiger partial charge in [-0.2, -0.15) is 0 Å². The van der Waals surface area contributed by atoms with Gasteiger partial charge in [-0.25, -0.2) is 4.79 Å². The Bertz CT molecular complexity index is 307. The Morgan fingerprint density at radius 2 is 2.43 bits per heavy atom. The third-order valence-corrected chi connectivity index (χ3v) is 2.92. The number of carbonyl (C=O) groups excluding carboxylic acids is 1. The second kappa shape index (κ2) is 5.12. The van der Waals surface area contributed by atoms with E-state index in [4.69, 9.17) is 5.73 Å². The van der Waals surface area contributed by atoms with Crippen molar-refractivity contribution in [2.24, 2.45) is 5.73 Å². The Balaban J connectivity index is 2.67. The Labute approximate surface area is 87.9 Å². The van der Waals surface area contributed by atoms with Gasteiger partial charge < -0.3 is 10.5 Å². The van der Waals surface area contributed by atoms with Crippen LogP contribution in [0.2, 0.25) is 0 Å². The van der Waals surface area contributed by atoms with Crippen LogP contribution in [-0.2, 0) is 11.2 Å². The molecule has 1 unspecified atom stereocenters. The van der Waals surface area contributed by atoms with Crippen molar-refractivity contribution in [1.82, 2.24) is 0 Å². The average Bonchev–Trinajstić information content (AvgIpc) is 2.61. The maximum Gasteiger partial charge on any atom is 0.348 e. The zero-order valence-corrected chi connectivity index (χ0v) is 9.26. The van der Waals surface area contributed by atoms with E-state index in [9.17, 15) is 4.79 Å². The van der Waals surface area contributed by atoms with Gasteiger partial charge in [-0.3, -0.25) is 0 Å². The van der Waals surface area contributed by atoms with Crippen LogP contribution in [-0.4, -0.2) is 19.1 Å². The minimum absolute atomic E-state index is 0.167. The number of aryl methyl sites for hydroxylation is 1. The topological polar surface area (TPSA) is 52.3 Å². The fraction of sp³-hybridized carbons (Fsp3) is 0.500. The van der Waals surface area contributed by atoms with E-state index < -0.39 is 0 Å². The highest BCUT2D eigenvalue weighted by atomic mass is 32.1. The Morgan fingerprint density at radius 3 is 3.00 bits per heavy atom. The van der Waals surface area contributed by atoms with Crippen LogP contribution in [0.1, 0.15) is 28.6 Å². The smallest absolute Gasteiger partial charge is 0.348 e. The molecule has 2 N–H and O–H groups in total. The monoisotopic (exact) mass is 213 g/mol. The highest BCUT2D eigenvalue weighted by Gasteiger charge is 2.13. The number of ether oxygens (including phenoxy) is 1. The number of esters is 1.